The van der Waals surface area contributed by atoms with Crippen molar-refractivity contribution in [1.82, 2.24) is 5.32 Å². The van der Waals surface area contributed by atoms with Crippen LogP contribution in [0.4, 0.5) is 8.78 Å². The van der Waals surface area contributed by atoms with Gasteiger partial charge in [0.1, 0.15) is 5.75 Å². The number of halogens is 3. The van der Waals surface area contributed by atoms with Gasteiger partial charge in [-0.25, -0.2) is 0 Å². The van der Waals surface area contributed by atoms with Crippen molar-refractivity contribution in [1.29, 1.82) is 0 Å². The minimum absolute atomic E-state index is 0.0835. The summed E-state index contributed by atoms with van der Waals surface area (Å²) in [6.45, 7) is -0.339. The average Bonchev–Trinajstić information content (AvgIpc) is 2.46. The fraction of sp³-hybridized carbons (Fsp3) is 0.250. The molecule has 0 saturated carbocycles. The number of para-hydroxylation sites is 1. The van der Waals surface area contributed by atoms with E-state index < -0.39 is 6.61 Å². The van der Waals surface area contributed by atoms with E-state index in [1.165, 1.54) is 0 Å². The van der Waals surface area contributed by atoms with Gasteiger partial charge >= 0.3 is 6.61 Å². The van der Waals surface area contributed by atoms with Crippen LogP contribution >= 0.6 is 15.9 Å². The quantitative estimate of drug-likeness (QED) is 0.795. The molecule has 0 spiro atoms. The van der Waals surface area contributed by atoms with E-state index >= 15 is 0 Å². The molecule has 0 radical (unpaired) electrons. The Morgan fingerprint density at radius 1 is 1.10 bits per heavy atom. The molecule has 1 atom stereocenters. The van der Waals surface area contributed by atoms with Gasteiger partial charge in [-0.3, -0.25) is 0 Å². The Labute approximate surface area is 131 Å². The molecule has 2 rings (SSSR count). The molecule has 5 heteroatoms. The summed E-state index contributed by atoms with van der Waals surface area (Å²) in [5.41, 5.74) is 1.82. The minimum atomic E-state index is -2.81. The Hall–Kier alpha value is -1.46. The van der Waals surface area contributed by atoms with E-state index in [0.29, 0.717) is 12.1 Å². The fourth-order valence-electron chi connectivity index (χ4n) is 2.06. The third-order valence-corrected chi connectivity index (χ3v) is 3.88. The monoisotopic (exact) mass is 355 g/mol. The lowest BCUT2D eigenvalue weighted by Crippen LogP contribution is -2.19. The number of alkyl halides is 2. The van der Waals surface area contributed by atoms with Crippen LogP contribution in [-0.2, 0) is 6.54 Å². The van der Waals surface area contributed by atoms with Crippen molar-refractivity contribution in [2.75, 3.05) is 0 Å². The summed E-state index contributed by atoms with van der Waals surface area (Å²) in [7, 11) is 0. The summed E-state index contributed by atoms with van der Waals surface area (Å²) in [5.74, 6) is 0.208. The van der Waals surface area contributed by atoms with Gasteiger partial charge in [-0.1, -0.05) is 52.3 Å². The Balaban J connectivity index is 2.05. The van der Waals surface area contributed by atoms with Crippen LogP contribution < -0.4 is 10.1 Å². The lowest BCUT2D eigenvalue weighted by molar-refractivity contribution is -0.0505. The van der Waals surface area contributed by atoms with Crippen LogP contribution in [0.1, 0.15) is 24.1 Å². The molecule has 0 aliphatic carbocycles. The van der Waals surface area contributed by atoms with Gasteiger partial charge in [-0.05, 0) is 24.6 Å². The molecule has 0 bridgehead atoms. The molecular formula is C16H16BrF2NO. The third-order valence-electron chi connectivity index (χ3n) is 3.16. The first-order valence-electron chi connectivity index (χ1n) is 6.58. The predicted molar refractivity (Wildman–Crippen MR) is 82.5 cm³/mol. The molecule has 1 N–H and O–H groups in total. The topological polar surface area (TPSA) is 21.3 Å². The van der Waals surface area contributed by atoms with Crippen LogP contribution in [0.5, 0.6) is 5.75 Å². The van der Waals surface area contributed by atoms with Gasteiger partial charge in [0.05, 0.1) is 0 Å². The highest BCUT2D eigenvalue weighted by atomic mass is 79.9. The summed E-state index contributed by atoms with van der Waals surface area (Å²) in [5, 5.41) is 3.31. The molecule has 2 aromatic carbocycles. The smallest absolute Gasteiger partial charge is 0.387 e. The van der Waals surface area contributed by atoms with Gasteiger partial charge in [0.15, 0.2) is 0 Å². The van der Waals surface area contributed by atoms with E-state index in [1.807, 2.05) is 31.2 Å². The van der Waals surface area contributed by atoms with E-state index in [4.69, 9.17) is 0 Å². The second kappa shape index (κ2) is 7.52. The summed E-state index contributed by atoms with van der Waals surface area (Å²) in [4.78, 5) is 0. The van der Waals surface area contributed by atoms with Crippen LogP contribution in [0.2, 0.25) is 0 Å². The Morgan fingerprint density at radius 2 is 1.76 bits per heavy atom. The minimum Gasteiger partial charge on any atom is -0.434 e. The highest BCUT2D eigenvalue weighted by Gasteiger charge is 2.12. The van der Waals surface area contributed by atoms with Crippen molar-refractivity contribution in [3.63, 3.8) is 0 Å². The molecule has 0 aromatic heterocycles. The Kier molecular flexibility index (Phi) is 5.70. The molecule has 112 valence electrons. The maximum atomic E-state index is 12.4. The highest BCUT2D eigenvalue weighted by Crippen LogP contribution is 2.25. The first kappa shape index (κ1) is 15.9. The van der Waals surface area contributed by atoms with Gasteiger partial charge < -0.3 is 10.1 Å². The standard InChI is InChI=1S/C16H16BrF2NO/c1-11(13-7-3-4-8-14(13)17)20-10-12-6-2-5-9-15(12)21-16(18)19/h2-9,11,16,20H,10H2,1H3. The number of rotatable bonds is 6. The normalized spacial score (nSPS) is 12.4. The van der Waals surface area contributed by atoms with Crippen LogP contribution in [-0.4, -0.2) is 6.61 Å². The van der Waals surface area contributed by atoms with Crippen molar-refractivity contribution in [3.05, 3.63) is 64.1 Å². The zero-order valence-electron chi connectivity index (χ0n) is 11.5. The Bertz CT molecular complexity index is 592. The van der Waals surface area contributed by atoms with Crippen LogP contribution in [0, 0.1) is 0 Å². The van der Waals surface area contributed by atoms with Gasteiger partial charge in [0.25, 0.3) is 0 Å². The largest absolute Gasteiger partial charge is 0.434 e. The SMILES string of the molecule is CC(NCc1ccccc1OC(F)F)c1ccccc1Br. The van der Waals surface area contributed by atoms with Crippen molar-refractivity contribution in [3.8, 4) is 5.75 Å². The van der Waals surface area contributed by atoms with E-state index in [1.54, 1.807) is 24.3 Å². The van der Waals surface area contributed by atoms with Crippen molar-refractivity contribution < 1.29 is 13.5 Å². The van der Waals surface area contributed by atoms with Crippen molar-refractivity contribution in [2.24, 2.45) is 0 Å². The highest BCUT2D eigenvalue weighted by molar-refractivity contribution is 9.10. The van der Waals surface area contributed by atoms with Crippen molar-refractivity contribution in [2.45, 2.75) is 26.1 Å². The molecule has 0 fully saturated rings. The fourth-order valence-corrected chi connectivity index (χ4v) is 2.69. The zero-order chi connectivity index (χ0) is 15.2. The van der Waals surface area contributed by atoms with Gasteiger partial charge in [0.2, 0.25) is 0 Å². The second-order valence-corrected chi connectivity index (χ2v) is 5.46. The molecule has 2 aromatic rings. The number of nitrogens with one attached hydrogen (secondary N) is 1. The number of ether oxygens (including phenoxy) is 1. The van der Waals surface area contributed by atoms with E-state index in [-0.39, 0.29) is 11.8 Å². The molecule has 0 heterocycles. The molecule has 21 heavy (non-hydrogen) atoms. The molecular weight excluding hydrogens is 340 g/mol. The molecule has 2 nitrogen and oxygen atoms in total. The first-order valence-corrected chi connectivity index (χ1v) is 7.37. The summed E-state index contributed by atoms with van der Waals surface area (Å²) < 4.78 is 30.3. The lowest BCUT2D eigenvalue weighted by atomic mass is 10.1. The van der Waals surface area contributed by atoms with E-state index in [0.717, 1.165) is 10.0 Å². The van der Waals surface area contributed by atoms with Crippen LogP contribution in [0.25, 0.3) is 0 Å². The average molecular weight is 356 g/mol. The summed E-state index contributed by atoms with van der Waals surface area (Å²) in [6, 6.07) is 14.8. The summed E-state index contributed by atoms with van der Waals surface area (Å²) >= 11 is 3.51. The number of hydrogen-bond donors (Lipinski definition) is 1. The maximum Gasteiger partial charge on any atom is 0.387 e. The van der Waals surface area contributed by atoms with Gasteiger partial charge in [-0.15, -0.1) is 0 Å². The molecule has 1 unspecified atom stereocenters. The number of hydrogen-bond acceptors (Lipinski definition) is 2. The maximum absolute atomic E-state index is 12.4. The predicted octanol–water partition coefficient (Wildman–Crippen LogP) is 4.90. The summed E-state index contributed by atoms with van der Waals surface area (Å²) in [6.07, 6.45) is 0. The molecule has 0 aliphatic heterocycles. The van der Waals surface area contributed by atoms with Crippen LogP contribution in [0.3, 0.4) is 0 Å². The van der Waals surface area contributed by atoms with E-state index in [9.17, 15) is 8.78 Å². The van der Waals surface area contributed by atoms with Gasteiger partial charge in [0, 0.05) is 22.6 Å². The van der Waals surface area contributed by atoms with E-state index in [2.05, 4.69) is 26.0 Å². The molecule has 0 amide bonds. The first-order chi connectivity index (χ1) is 10.1. The second-order valence-electron chi connectivity index (χ2n) is 4.61. The van der Waals surface area contributed by atoms with Gasteiger partial charge in [-0.2, -0.15) is 8.78 Å². The molecule has 0 saturated heterocycles. The van der Waals surface area contributed by atoms with Crippen molar-refractivity contribution >= 4 is 15.9 Å². The zero-order valence-corrected chi connectivity index (χ0v) is 13.1. The molecule has 0 aliphatic rings. The number of benzene rings is 2. The lowest BCUT2D eigenvalue weighted by Gasteiger charge is -2.17. The third kappa shape index (κ3) is 4.51. The van der Waals surface area contributed by atoms with Crippen LogP contribution in [0.15, 0.2) is 53.0 Å². The Morgan fingerprint density at radius 3 is 2.48 bits per heavy atom.